The molecule has 16 unspecified atom stereocenters. The van der Waals surface area contributed by atoms with Crippen LogP contribution in [0.4, 0.5) is 0 Å². The molecule has 109 heavy (non-hydrogen) atoms. The Kier molecular flexibility index (Phi) is 20.6. The summed E-state index contributed by atoms with van der Waals surface area (Å²) < 4.78 is 50.8. The molecule has 0 amide bonds. The molecule has 16 aliphatic carbocycles. The highest BCUT2D eigenvalue weighted by Gasteiger charge is 2.73. The van der Waals surface area contributed by atoms with E-state index in [1.165, 1.54) is 46.0 Å². The molecule has 19 rings (SSSR count). The molecule has 0 aromatic carbocycles. The Labute approximate surface area is 654 Å². The van der Waals surface area contributed by atoms with Crippen molar-refractivity contribution in [3.63, 3.8) is 0 Å². The zero-order chi connectivity index (χ0) is 78.0. The zero-order valence-corrected chi connectivity index (χ0v) is 70.4. The summed E-state index contributed by atoms with van der Waals surface area (Å²) in [5.41, 5.74) is 4.35. The number of ether oxygens (including phenoxy) is 8. The van der Waals surface area contributed by atoms with Crippen molar-refractivity contribution < 1.29 is 77.8 Å². The third-order valence-electron chi connectivity index (χ3n) is 37.9. The summed E-state index contributed by atoms with van der Waals surface area (Å²) >= 11 is 0. The number of esters is 2. The SMILES string of the molecule is C/C=C1/CCC2C3C(CC[C@]12C)[C@@]1(C)CC[C@@H](O)CC1[C@@H](O)[C@@H]3O.C/C=C1/CCC2C3C(CC[C@]12C)[C@@]1(C)CC[C@@H](O)CC1[C@H]1OC(C)(C)O[C@H]31.CC(=O)O[C@@H]1CC[C@]2(C)C3CC[C@@]4(C)C(CC[C@@H]4O)C3[C@H]3OC(C)(C)O[C@@H]3C2C1.CC(=O)O[C@@H]1CC[C@]2(C)C3CC[C@]4(C)C(=O)CCC4C3[C@H]3OC(C)(C)O[C@@H]3C2C1. The molecule has 16 nitrogen and oxygen atoms in total. The Morgan fingerprint density at radius 2 is 0.670 bits per heavy atom. The van der Waals surface area contributed by atoms with Crippen molar-refractivity contribution in [1.29, 1.82) is 0 Å². The summed E-state index contributed by atoms with van der Waals surface area (Å²) in [5, 5.41) is 53.4. The lowest BCUT2D eigenvalue weighted by Gasteiger charge is -2.63. The molecular formula is C93H146O16. The van der Waals surface area contributed by atoms with Crippen LogP contribution in [0.2, 0.25) is 0 Å². The van der Waals surface area contributed by atoms with Crippen LogP contribution in [0, 0.1) is 138 Å². The van der Waals surface area contributed by atoms with Crippen molar-refractivity contribution in [3.05, 3.63) is 23.3 Å². The van der Waals surface area contributed by atoms with E-state index in [0.717, 1.165) is 147 Å². The van der Waals surface area contributed by atoms with E-state index in [1.807, 2.05) is 27.7 Å². The highest BCUT2D eigenvalue weighted by atomic mass is 16.8. The minimum atomic E-state index is -0.678. The molecule has 19 aliphatic rings. The number of carbonyl (C=O) groups excluding carboxylic acids is 3. The van der Waals surface area contributed by atoms with Gasteiger partial charge >= 0.3 is 11.9 Å². The lowest BCUT2D eigenvalue weighted by molar-refractivity contribution is -0.217. The van der Waals surface area contributed by atoms with Gasteiger partial charge in [0.05, 0.1) is 67.1 Å². The van der Waals surface area contributed by atoms with Crippen molar-refractivity contribution in [2.45, 2.75) is 401 Å². The van der Waals surface area contributed by atoms with E-state index in [1.54, 1.807) is 11.1 Å². The van der Waals surface area contributed by atoms with Gasteiger partial charge in [-0.05, 0) is 361 Å². The van der Waals surface area contributed by atoms with E-state index < -0.39 is 29.6 Å². The predicted octanol–water partition coefficient (Wildman–Crippen LogP) is 16.7. The topological polar surface area (TPSA) is 226 Å². The molecule has 0 bridgehead atoms. The molecule has 19 fully saturated rings. The van der Waals surface area contributed by atoms with Crippen LogP contribution in [0.25, 0.3) is 0 Å². The first-order chi connectivity index (χ1) is 51.1. The van der Waals surface area contributed by atoms with E-state index >= 15 is 0 Å². The number of fused-ring (bicyclic) bond motifs is 29. The number of allylic oxidation sites excluding steroid dienone is 4. The maximum absolute atomic E-state index is 12.8. The summed E-state index contributed by atoms with van der Waals surface area (Å²) in [6, 6.07) is 0. The fourth-order valence-corrected chi connectivity index (χ4v) is 32.8. The molecule has 16 heteroatoms. The first kappa shape index (κ1) is 80.4. The number of ketones is 1. The summed E-state index contributed by atoms with van der Waals surface area (Å²) in [5.74, 6) is 5.69. The van der Waals surface area contributed by atoms with Gasteiger partial charge in [0.2, 0.25) is 0 Å². The smallest absolute Gasteiger partial charge is 0.302 e. The van der Waals surface area contributed by atoms with E-state index in [4.69, 9.17) is 37.9 Å². The van der Waals surface area contributed by atoms with Crippen LogP contribution in [-0.2, 0) is 52.3 Å². The number of hydrogen-bond donors (Lipinski definition) is 5. The zero-order valence-electron chi connectivity index (χ0n) is 70.4. The number of aliphatic hydroxyl groups excluding tert-OH is 5. The Balaban J connectivity index is 0.000000111. The summed E-state index contributed by atoms with van der Waals surface area (Å²) in [7, 11) is 0. The lowest BCUT2D eigenvalue weighted by atomic mass is 9.43. The van der Waals surface area contributed by atoms with Gasteiger partial charge in [0.25, 0.3) is 0 Å². The molecular weight excluding hydrogens is 1370 g/mol. The number of carbonyl (C=O) groups is 3. The van der Waals surface area contributed by atoms with Gasteiger partial charge in [0, 0.05) is 25.7 Å². The largest absolute Gasteiger partial charge is 0.463 e. The maximum atomic E-state index is 12.8. The third kappa shape index (κ3) is 12.6. The second-order valence-corrected chi connectivity index (χ2v) is 43.8. The molecule has 0 radical (unpaired) electrons. The minimum absolute atomic E-state index is 0.00255. The average Bonchev–Trinajstić information content (AvgIpc) is 1.64. The highest BCUT2D eigenvalue weighted by Crippen LogP contribution is 2.74. The second kappa shape index (κ2) is 27.9. The molecule has 3 heterocycles. The van der Waals surface area contributed by atoms with Crippen LogP contribution in [0.1, 0.15) is 304 Å². The molecule has 0 spiro atoms. The first-order valence-electron chi connectivity index (χ1n) is 44.8. The molecule has 3 saturated heterocycles. The summed E-state index contributed by atoms with van der Waals surface area (Å²) in [6.45, 7) is 38.9. The molecule has 0 aromatic rings. The van der Waals surface area contributed by atoms with Crippen LogP contribution in [0.15, 0.2) is 23.3 Å². The monoisotopic (exact) mass is 1520 g/mol. The van der Waals surface area contributed by atoms with Crippen molar-refractivity contribution in [3.8, 4) is 0 Å². The van der Waals surface area contributed by atoms with Gasteiger partial charge in [-0.15, -0.1) is 0 Å². The number of hydrogen-bond acceptors (Lipinski definition) is 16. The fourth-order valence-electron chi connectivity index (χ4n) is 32.8. The Bertz CT molecular complexity index is 3510. The van der Waals surface area contributed by atoms with Gasteiger partial charge < -0.3 is 63.4 Å². The Morgan fingerprint density at radius 3 is 1.11 bits per heavy atom. The van der Waals surface area contributed by atoms with Gasteiger partial charge in [-0.2, -0.15) is 0 Å². The fraction of sp³-hybridized carbons (Fsp3) is 0.925. The average molecular weight is 1520 g/mol. The van der Waals surface area contributed by atoms with Crippen molar-refractivity contribution in [2.24, 2.45) is 138 Å². The van der Waals surface area contributed by atoms with Crippen LogP contribution in [-0.4, -0.2) is 140 Å². The Morgan fingerprint density at radius 1 is 0.339 bits per heavy atom. The second-order valence-electron chi connectivity index (χ2n) is 43.8. The van der Waals surface area contributed by atoms with Crippen molar-refractivity contribution in [2.75, 3.05) is 0 Å². The molecule has 614 valence electrons. The predicted molar refractivity (Wildman–Crippen MR) is 415 cm³/mol. The molecule has 5 N–H and O–H groups in total. The van der Waals surface area contributed by atoms with Gasteiger partial charge in [0.15, 0.2) is 17.4 Å². The van der Waals surface area contributed by atoms with Crippen molar-refractivity contribution in [1.82, 2.24) is 0 Å². The van der Waals surface area contributed by atoms with E-state index in [-0.39, 0.29) is 129 Å². The quantitative estimate of drug-likeness (QED) is 0.128. The highest BCUT2D eigenvalue weighted by molar-refractivity contribution is 5.87. The van der Waals surface area contributed by atoms with E-state index in [2.05, 4.69) is 95.2 Å². The van der Waals surface area contributed by atoms with Crippen LogP contribution < -0.4 is 0 Å². The molecule has 0 aromatic heterocycles. The number of Topliss-reactive ketones (excluding diaryl/α,β-unsaturated/α-hetero) is 1. The maximum Gasteiger partial charge on any atom is 0.302 e. The van der Waals surface area contributed by atoms with Gasteiger partial charge in [0.1, 0.15) is 18.0 Å². The van der Waals surface area contributed by atoms with Crippen LogP contribution in [0.3, 0.4) is 0 Å². The van der Waals surface area contributed by atoms with Crippen LogP contribution >= 0.6 is 0 Å². The van der Waals surface area contributed by atoms with E-state index in [0.29, 0.717) is 94.6 Å². The lowest BCUT2D eigenvalue weighted by Crippen LogP contribution is -2.63. The number of rotatable bonds is 2. The summed E-state index contributed by atoms with van der Waals surface area (Å²) in [6.07, 6.45) is 32.5. The Hall–Kier alpha value is -2.35. The summed E-state index contributed by atoms with van der Waals surface area (Å²) in [4.78, 5) is 36.0. The molecule has 3 aliphatic heterocycles. The van der Waals surface area contributed by atoms with Crippen LogP contribution in [0.5, 0.6) is 0 Å². The molecule has 16 saturated carbocycles. The standard InChI is InChI=1S/C24H38O5.C24H36O5.C24H38O3.C21H34O3/c2*1-13(25)27-14-8-10-23(4)16-9-11-24(5)15(6-7-18(24)26)19(16)21-20(17(23)12-14)28-22(2,3)29-21;1-6-14-7-8-16-19-17(10-12-23(14,16)4)24(5)11-9-15(25)13-18(24)20-21(19)27-22(2,3)26-20;1-4-12-5-6-14-17-15(8-10-20(12,14)2)21(3)9-7-13(22)11-16(21)18(23)19(17)24/h14-21,26H,6-12H2,1-5H3;14-17,19-21H,6-12H2,1-5H3;6,15-21,25H,7-13H2,1-5H3;4,13-19,22-24H,5-11H2,1-3H3/b;;14-6-;12-4-/t14-,15?,16?,17?,18+,19?,20-,21-,23-,24+;14-,15?,16?,17?,19?,20-,21-,23-,24+;15-,16?,17?,18?,19?,20-,21-,23-,24-;13-,14?,15?,16?,17?,18-,19-,20-,21-/m1111/s1. The van der Waals surface area contributed by atoms with Crippen molar-refractivity contribution >= 4 is 17.7 Å². The number of aliphatic hydroxyl groups is 5. The third-order valence-corrected chi connectivity index (χ3v) is 37.9. The van der Waals surface area contributed by atoms with Gasteiger partial charge in [-0.1, -0.05) is 78.7 Å². The van der Waals surface area contributed by atoms with Gasteiger partial charge in [-0.25, -0.2) is 0 Å². The molecule has 37 atom stereocenters. The minimum Gasteiger partial charge on any atom is -0.463 e. The first-order valence-corrected chi connectivity index (χ1v) is 44.8. The normalized spacial score (nSPS) is 56.1. The van der Waals surface area contributed by atoms with Gasteiger partial charge in [-0.3, -0.25) is 14.4 Å². The van der Waals surface area contributed by atoms with E-state index in [9.17, 15) is 39.9 Å².